The number of anilines is 2. The van der Waals surface area contributed by atoms with Crippen LogP contribution >= 0.6 is 0 Å². The van der Waals surface area contributed by atoms with E-state index >= 15 is 0 Å². The fourth-order valence-corrected chi connectivity index (χ4v) is 8.42. The van der Waals surface area contributed by atoms with Crippen molar-refractivity contribution in [1.29, 1.82) is 0 Å². The first kappa shape index (κ1) is 54.5. The minimum absolute atomic E-state index is 0. The first-order chi connectivity index (χ1) is 27.0. The first-order valence-electron chi connectivity index (χ1n) is 16.1. The fraction of sp³-hybridized carbons (Fsp3) is 0.0571. The number of rotatable bonds is 10. The molecule has 2 amide bonds. The van der Waals surface area contributed by atoms with E-state index in [4.69, 9.17) is 0 Å². The molecule has 300 valence electrons. The first-order valence-corrected chi connectivity index (χ1v) is 21.7. The zero-order valence-corrected chi connectivity index (χ0v) is 36.7. The van der Waals surface area contributed by atoms with Crippen LogP contribution in [0.3, 0.4) is 0 Å². The maximum absolute atomic E-state index is 12.8. The number of aryl methyl sites for hydroxylation is 2. The van der Waals surface area contributed by atoms with Crippen LogP contribution in [0.4, 0.5) is 38.9 Å². The van der Waals surface area contributed by atoms with E-state index in [1.807, 2.05) is 0 Å². The van der Waals surface area contributed by atoms with Crippen molar-refractivity contribution in [2.45, 2.75) is 33.4 Å². The molecule has 0 bridgehead atoms. The van der Waals surface area contributed by atoms with Gasteiger partial charge in [0.05, 0.1) is 42.3 Å². The van der Waals surface area contributed by atoms with Gasteiger partial charge in [-0.25, -0.2) is 38.5 Å². The van der Waals surface area contributed by atoms with Crippen LogP contribution in [-0.4, -0.2) is 57.9 Å². The number of carbonyl (C=O) groups excluding carboxylic acids is 1. The Morgan fingerprint density at radius 2 is 0.952 bits per heavy atom. The van der Waals surface area contributed by atoms with Crippen LogP contribution in [0.2, 0.25) is 0 Å². The second-order valence-corrected chi connectivity index (χ2v) is 17.8. The summed E-state index contributed by atoms with van der Waals surface area (Å²) in [6, 6.07) is 19.1. The summed E-state index contributed by atoms with van der Waals surface area (Å²) in [6.07, 6.45) is 0. The summed E-state index contributed by atoms with van der Waals surface area (Å²) >= 11 is 0. The van der Waals surface area contributed by atoms with E-state index in [1.54, 1.807) is 26.0 Å². The molecular weight excluding hydrogens is 868 g/mol. The summed E-state index contributed by atoms with van der Waals surface area (Å²) in [7, 11) is -20.4. The van der Waals surface area contributed by atoms with Crippen LogP contribution < -0.4 is 86.1 Å². The summed E-state index contributed by atoms with van der Waals surface area (Å²) in [5.74, 6) is 0. The van der Waals surface area contributed by atoms with Gasteiger partial charge in [0.15, 0.2) is 0 Å². The van der Waals surface area contributed by atoms with Crippen LogP contribution in [0.5, 0.6) is 0 Å². The average Bonchev–Trinajstić information content (AvgIpc) is 3.11. The molecule has 0 aromatic heterocycles. The van der Waals surface area contributed by atoms with E-state index in [2.05, 4.69) is 31.1 Å². The number of hydrogen-bond donors (Lipinski definition) is 2. The van der Waals surface area contributed by atoms with Crippen molar-refractivity contribution in [2.75, 3.05) is 10.6 Å². The Hall–Kier alpha value is -3.66. The number of nitrogens with zero attached hydrogens (tertiary/aromatic N) is 4. The van der Waals surface area contributed by atoms with Gasteiger partial charge in [0.25, 0.3) is 0 Å². The molecule has 0 unspecified atom stereocenters. The third-order valence-electron chi connectivity index (χ3n) is 8.33. The second kappa shape index (κ2) is 20.9. The molecule has 0 aliphatic carbocycles. The number of hydrogen-bond acceptors (Lipinski definition) is 17. The third kappa shape index (κ3) is 13.0. The number of urea groups is 1. The summed E-state index contributed by atoms with van der Waals surface area (Å²) in [5, 5.41) is 20.8. The number of fused-ring (bicyclic) bond motifs is 2. The molecule has 6 aromatic carbocycles. The molecule has 0 atom stereocenters. The van der Waals surface area contributed by atoms with E-state index < -0.39 is 66.1 Å². The summed E-state index contributed by atoms with van der Waals surface area (Å²) in [4.78, 5) is 9.51. The van der Waals surface area contributed by atoms with Gasteiger partial charge in [-0.2, -0.15) is 20.5 Å². The van der Waals surface area contributed by atoms with E-state index in [-0.39, 0.29) is 114 Å². The number of amides is 2. The maximum Gasteiger partial charge on any atom is 1.00 e. The van der Waals surface area contributed by atoms with Crippen LogP contribution in [0.15, 0.2) is 137 Å². The topological polar surface area (TPSA) is 319 Å². The summed E-state index contributed by atoms with van der Waals surface area (Å²) in [5.41, 5.74) is 2.22. The zero-order valence-electron chi connectivity index (χ0n) is 33.5. The van der Waals surface area contributed by atoms with Crippen molar-refractivity contribution >= 4 is 102 Å². The van der Waals surface area contributed by atoms with Gasteiger partial charge in [-0.1, -0.05) is 18.2 Å². The Balaban J connectivity index is 0.00000331. The SMILES string of the molecule is Cc1cc(NC(=O)Nc2ccc(N=Nc3cc(S(=O)(=O)[O-])c4cccc(S(=O)(=O)[O-])c4c3)c(C)c2)ccc1N=Nc1ccc2cc(S(=O)(=O)[O-])cc(S(=O)(=O)[O-])c2c1.[Li+].[Li+].[Li+].[Li+]. The van der Waals surface area contributed by atoms with E-state index in [9.17, 15) is 56.7 Å². The number of azo groups is 2. The van der Waals surface area contributed by atoms with Crippen molar-refractivity contribution < 1.29 is 132 Å². The standard InChI is InChI=1S/C35H28N6O13S4.4Li/c1-19-12-22(8-10-30(19)40-38-24-7-6-21-14-26(55(43,44)45)18-34(28(21)15-24)58(52,53)54)36-35(42)37-23-9-11-31(20(2)13-23)41-39-25-16-29-27(33(17-25)57(49,50)51)4-3-5-32(29)56(46,47)48;;;;/h3-18H,1-2H3,(H2,36,37,42)(H,43,44,45)(H,46,47,48)(H,49,50,51)(H,52,53,54);;;;/q;4*+1/p-4. The van der Waals surface area contributed by atoms with Gasteiger partial charge in [-0.05, 0) is 109 Å². The van der Waals surface area contributed by atoms with Crippen molar-refractivity contribution in [3.63, 3.8) is 0 Å². The molecule has 0 saturated carbocycles. The Labute approximate surface area is 403 Å². The fourth-order valence-electron chi connectivity index (χ4n) is 5.70. The van der Waals surface area contributed by atoms with E-state index in [0.717, 1.165) is 30.3 Å². The van der Waals surface area contributed by atoms with E-state index in [0.29, 0.717) is 34.3 Å². The molecule has 19 nitrogen and oxygen atoms in total. The molecule has 0 aliphatic heterocycles. The smallest absolute Gasteiger partial charge is 0.744 e. The average molecular weight is 893 g/mol. The molecule has 2 N–H and O–H groups in total. The van der Waals surface area contributed by atoms with E-state index in [1.165, 1.54) is 48.5 Å². The molecule has 62 heavy (non-hydrogen) atoms. The van der Waals surface area contributed by atoms with Crippen LogP contribution in [0.1, 0.15) is 11.1 Å². The van der Waals surface area contributed by atoms with Crippen LogP contribution in [0, 0.1) is 13.8 Å². The molecule has 0 aliphatic rings. The monoisotopic (exact) mass is 892 g/mol. The van der Waals surface area contributed by atoms with Gasteiger partial charge in [0.2, 0.25) is 0 Å². The minimum Gasteiger partial charge on any atom is -0.744 e. The molecule has 0 saturated heterocycles. The molecule has 0 fully saturated rings. The van der Waals surface area contributed by atoms with Crippen LogP contribution in [0.25, 0.3) is 21.5 Å². The molecule has 0 radical (unpaired) electrons. The van der Waals surface area contributed by atoms with Gasteiger partial charge in [-0.15, -0.1) is 0 Å². The van der Waals surface area contributed by atoms with Gasteiger partial charge in [-0.3, -0.25) is 0 Å². The zero-order chi connectivity index (χ0) is 42.4. The molecule has 0 heterocycles. The van der Waals surface area contributed by atoms with Crippen LogP contribution in [-0.2, 0) is 40.5 Å². The minimum atomic E-state index is -5.19. The van der Waals surface area contributed by atoms with Gasteiger partial charge >= 0.3 is 81.5 Å². The quantitative estimate of drug-likeness (QED) is 0.0739. The maximum atomic E-state index is 12.8. The molecule has 0 spiro atoms. The number of nitrogens with one attached hydrogen (secondary N) is 2. The predicted molar refractivity (Wildman–Crippen MR) is 203 cm³/mol. The predicted octanol–water partition coefficient (Wildman–Crippen LogP) is -5.28. The Kier molecular flexibility index (Phi) is 18.4. The Morgan fingerprint density at radius 1 is 0.468 bits per heavy atom. The van der Waals surface area contributed by atoms with Gasteiger partial charge < -0.3 is 28.8 Å². The molecular formula is C35H24Li4N6O13S4. The molecule has 6 rings (SSSR count). The number of benzene rings is 6. The van der Waals surface area contributed by atoms with Gasteiger partial charge in [0, 0.05) is 27.5 Å². The second-order valence-electron chi connectivity index (χ2n) is 12.4. The summed E-state index contributed by atoms with van der Waals surface area (Å²) < 4.78 is 141. The Bertz CT molecular complexity index is 3250. The molecule has 27 heteroatoms. The normalized spacial score (nSPS) is 12.0. The largest absolute Gasteiger partial charge is 1.00 e. The Morgan fingerprint density at radius 3 is 1.44 bits per heavy atom. The summed E-state index contributed by atoms with van der Waals surface area (Å²) in [6.45, 7) is 3.30. The van der Waals surface area contributed by atoms with Gasteiger partial charge in [0.1, 0.15) is 40.5 Å². The van der Waals surface area contributed by atoms with Crippen molar-refractivity contribution in [2.24, 2.45) is 20.5 Å². The third-order valence-corrected chi connectivity index (χ3v) is 11.8. The number of carbonyl (C=O) groups is 1. The van der Waals surface area contributed by atoms with Crippen molar-refractivity contribution in [1.82, 2.24) is 0 Å². The van der Waals surface area contributed by atoms with Crippen molar-refractivity contribution in [3.05, 3.63) is 108 Å². The van der Waals surface area contributed by atoms with Crippen molar-refractivity contribution in [3.8, 4) is 0 Å². The molecule has 6 aromatic rings.